The summed E-state index contributed by atoms with van der Waals surface area (Å²) < 4.78 is 5.08. The lowest BCUT2D eigenvalue weighted by Crippen LogP contribution is -2.31. The van der Waals surface area contributed by atoms with Crippen molar-refractivity contribution in [3.8, 4) is 0 Å². The van der Waals surface area contributed by atoms with Gasteiger partial charge in [0.05, 0.1) is 5.56 Å². The van der Waals surface area contributed by atoms with E-state index in [4.69, 9.17) is 4.74 Å². The van der Waals surface area contributed by atoms with Crippen molar-refractivity contribution in [3.05, 3.63) is 42.8 Å². The Morgan fingerprint density at radius 1 is 1.47 bits per heavy atom. The number of rotatable bonds is 5. The lowest BCUT2D eigenvalue weighted by molar-refractivity contribution is 0.0327. The third-order valence-electron chi connectivity index (χ3n) is 1.88. The van der Waals surface area contributed by atoms with Crippen LogP contribution < -0.4 is 5.32 Å². The molecular weight excluding hydrogens is 190 g/mol. The van der Waals surface area contributed by atoms with Crippen LogP contribution in [0.1, 0.15) is 23.7 Å². The smallest absolute Gasteiger partial charge is 0.339 e. The zero-order valence-corrected chi connectivity index (χ0v) is 8.90. The number of carbonyl (C=O) groups is 1. The van der Waals surface area contributed by atoms with E-state index >= 15 is 0 Å². The highest BCUT2D eigenvalue weighted by molar-refractivity contribution is 5.89. The molecule has 1 aromatic carbocycles. The van der Waals surface area contributed by atoms with E-state index in [-0.39, 0.29) is 5.97 Å². The first-order valence-electron chi connectivity index (χ1n) is 5.06. The summed E-state index contributed by atoms with van der Waals surface area (Å²) in [6.07, 6.45) is 0.493. The molecule has 0 bridgehead atoms. The molecule has 0 aliphatic rings. The minimum absolute atomic E-state index is 0.348. The van der Waals surface area contributed by atoms with Crippen molar-refractivity contribution in [1.29, 1.82) is 0 Å². The summed E-state index contributed by atoms with van der Waals surface area (Å²) in [5, 5.41) is 2.98. The molecule has 3 nitrogen and oxygen atoms in total. The third kappa shape index (κ3) is 4.13. The van der Waals surface area contributed by atoms with Gasteiger partial charge < -0.3 is 4.74 Å². The second kappa shape index (κ2) is 6.19. The zero-order valence-electron chi connectivity index (χ0n) is 8.90. The molecule has 3 heteroatoms. The van der Waals surface area contributed by atoms with Gasteiger partial charge in [0, 0.05) is 6.92 Å². The van der Waals surface area contributed by atoms with Crippen molar-refractivity contribution < 1.29 is 9.53 Å². The van der Waals surface area contributed by atoms with Crippen LogP contribution in [0.5, 0.6) is 0 Å². The van der Waals surface area contributed by atoms with Crippen LogP contribution in [0.4, 0.5) is 0 Å². The van der Waals surface area contributed by atoms with Gasteiger partial charge in [-0.3, -0.25) is 5.32 Å². The maximum Gasteiger partial charge on any atom is 0.339 e. The number of esters is 1. The van der Waals surface area contributed by atoms with E-state index in [0.29, 0.717) is 5.56 Å². The molecule has 15 heavy (non-hydrogen) atoms. The van der Waals surface area contributed by atoms with Gasteiger partial charge in [-0.15, -0.1) is 0 Å². The molecule has 0 saturated heterocycles. The molecule has 0 fully saturated rings. The van der Waals surface area contributed by atoms with Gasteiger partial charge in [-0.1, -0.05) is 25.1 Å². The molecule has 1 atom stereocenters. The third-order valence-corrected chi connectivity index (χ3v) is 1.88. The van der Waals surface area contributed by atoms with E-state index in [1.54, 1.807) is 24.3 Å². The second-order valence-corrected chi connectivity index (χ2v) is 3.21. The number of ether oxygens (including phenoxy) is 1. The molecule has 0 amide bonds. The first-order valence-corrected chi connectivity index (χ1v) is 5.06. The average Bonchev–Trinajstić information content (AvgIpc) is 2.27. The van der Waals surface area contributed by atoms with Crippen LogP contribution in [0.15, 0.2) is 30.3 Å². The quantitative estimate of drug-likeness (QED) is 0.591. The summed E-state index contributed by atoms with van der Waals surface area (Å²) in [4.78, 5) is 11.5. The Labute approximate surface area is 90.4 Å². The highest BCUT2D eigenvalue weighted by Crippen LogP contribution is 2.02. The highest BCUT2D eigenvalue weighted by Gasteiger charge is 2.09. The fraction of sp³-hybridized carbons (Fsp3) is 0.333. The monoisotopic (exact) mass is 206 g/mol. The van der Waals surface area contributed by atoms with Crippen molar-refractivity contribution >= 4 is 5.97 Å². The molecule has 1 aromatic rings. The molecule has 0 aromatic heterocycles. The maximum atomic E-state index is 11.5. The van der Waals surface area contributed by atoms with E-state index < -0.39 is 6.23 Å². The number of hydrogen-bond donors (Lipinski definition) is 1. The van der Waals surface area contributed by atoms with Gasteiger partial charge in [0.25, 0.3) is 0 Å². The van der Waals surface area contributed by atoms with Crippen molar-refractivity contribution in [3.63, 3.8) is 0 Å². The van der Waals surface area contributed by atoms with E-state index in [1.807, 2.05) is 13.0 Å². The Kier molecular flexibility index (Phi) is 4.84. The molecule has 0 aliphatic heterocycles. The van der Waals surface area contributed by atoms with Crippen LogP contribution in [-0.2, 0) is 4.74 Å². The van der Waals surface area contributed by atoms with Crippen molar-refractivity contribution in [2.45, 2.75) is 19.6 Å². The number of nitrogens with one attached hydrogen (secondary N) is 1. The van der Waals surface area contributed by atoms with E-state index in [2.05, 4.69) is 12.2 Å². The standard InChI is InChI=1S/C12H16NO2/c1-3-9-13-10(2)15-12(14)11-7-5-4-6-8-11/h4-8,10,13H,2-3,9H2,1H3. The Morgan fingerprint density at radius 3 is 2.73 bits per heavy atom. The Balaban J connectivity index is 2.42. The topological polar surface area (TPSA) is 38.3 Å². The predicted octanol–water partition coefficient (Wildman–Crippen LogP) is 2.00. The number of benzene rings is 1. The Hall–Kier alpha value is -1.35. The summed E-state index contributed by atoms with van der Waals surface area (Å²) in [6.45, 7) is 6.52. The first kappa shape index (κ1) is 11.7. The van der Waals surface area contributed by atoms with Gasteiger partial charge in [0.15, 0.2) is 6.23 Å². The normalized spacial score (nSPS) is 12.1. The van der Waals surface area contributed by atoms with Gasteiger partial charge in [-0.2, -0.15) is 0 Å². The van der Waals surface area contributed by atoms with E-state index in [9.17, 15) is 4.79 Å². The fourth-order valence-corrected chi connectivity index (χ4v) is 1.12. The summed E-state index contributed by atoms with van der Waals surface area (Å²) in [5.74, 6) is -0.348. The highest BCUT2D eigenvalue weighted by atomic mass is 16.6. The number of carbonyl (C=O) groups excluding carboxylic acids is 1. The van der Waals surface area contributed by atoms with Crippen LogP contribution in [0.25, 0.3) is 0 Å². The van der Waals surface area contributed by atoms with Crippen LogP contribution in [0, 0.1) is 6.92 Å². The lowest BCUT2D eigenvalue weighted by Gasteiger charge is -2.13. The molecule has 81 valence electrons. The molecule has 1 radical (unpaired) electrons. The average molecular weight is 206 g/mol. The van der Waals surface area contributed by atoms with Crippen LogP contribution >= 0.6 is 0 Å². The van der Waals surface area contributed by atoms with Crippen LogP contribution in [0.2, 0.25) is 0 Å². The Morgan fingerprint density at radius 2 is 2.13 bits per heavy atom. The summed E-state index contributed by atoms with van der Waals surface area (Å²) >= 11 is 0. The predicted molar refractivity (Wildman–Crippen MR) is 59.3 cm³/mol. The minimum atomic E-state index is -0.488. The molecule has 0 heterocycles. The van der Waals surface area contributed by atoms with Gasteiger partial charge in [0.1, 0.15) is 0 Å². The summed E-state index contributed by atoms with van der Waals surface area (Å²) in [5.41, 5.74) is 0.546. The molecular formula is C12H16NO2. The van der Waals surface area contributed by atoms with E-state index in [0.717, 1.165) is 13.0 Å². The van der Waals surface area contributed by atoms with Gasteiger partial charge in [0.2, 0.25) is 0 Å². The molecule has 1 rings (SSSR count). The van der Waals surface area contributed by atoms with Gasteiger partial charge in [-0.05, 0) is 25.1 Å². The SMILES string of the molecule is [CH2]C(NCCC)OC(=O)c1ccccc1. The van der Waals surface area contributed by atoms with Crippen LogP contribution in [0.3, 0.4) is 0 Å². The van der Waals surface area contributed by atoms with E-state index in [1.165, 1.54) is 0 Å². The summed E-state index contributed by atoms with van der Waals surface area (Å²) in [7, 11) is 0. The Bertz CT molecular complexity index is 298. The van der Waals surface area contributed by atoms with Crippen molar-refractivity contribution in [1.82, 2.24) is 5.32 Å². The largest absolute Gasteiger partial charge is 0.443 e. The molecule has 1 N–H and O–H groups in total. The van der Waals surface area contributed by atoms with Crippen LogP contribution in [-0.4, -0.2) is 18.7 Å². The zero-order chi connectivity index (χ0) is 11.1. The molecule has 0 spiro atoms. The second-order valence-electron chi connectivity index (χ2n) is 3.21. The fourth-order valence-electron chi connectivity index (χ4n) is 1.12. The summed E-state index contributed by atoms with van der Waals surface area (Å²) in [6, 6.07) is 8.89. The molecule has 0 saturated carbocycles. The first-order chi connectivity index (χ1) is 7.24. The molecule has 1 unspecified atom stereocenters. The van der Waals surface area contributed by atoms with Crippen molar-refractivity contribution in [2.24, 2.45) is 0 Å². The van der Waals surface area contributed by atoms with Gasteiger partial charge >= 0.3 is 5.97 Å². The van der Waals surface area contributed by atoms with Gasteiger partial charge in [-0.25, -0.2) is 4.79 Å². The van der Waals surface area contributed by atoms with Crippen molar-refractivity contribution in [2.75, 3.05) is 6.54 Å². The molecule has 0 aliphatic carbocycles. The minimum Gasteiger partial charge on any atom is -0.443 e. The lowest BCUT2D eigenvalue weighted by atomic mass is 10.2. The maximum absolute atomic E-state index is 11.5. The number of hydrogen-bond acceptors (Lipinski definition) is 3.